The molecular weight excluding hydrogens is 394 g/mol. The lowest BCUT2D eigenvalue weighted by Crippen LogP contribution is -2.67. The highest BCUT2D eigenvalue weighted by molar-refractivity contribution is 5.21. The highest BCUT2D eigenvalue weighted by Crippen LogP contribution is 2.61. The molecule has 182 valence electrons. The normalized spacial score (nSPS) is 43.7. The van der Waals surface area contributed by atoms with Crippen molar-refractivity contribution >= 4 is 0 Å². The van der Waals surface area contributed by atoms with E-state index in [9.17, 15) is 0 Å². The molecule has 1 saturated carbocycles. The smallest absolute Gasteiger partial charge is 0.0804 e. The van der Waals surface area contributed by atoms with Crippen LogP contribution in [0.5, 0.6) is 0 Å². The van der Waals surface area contributed by atoms with Crippen molar-refractivity contribution in [1.82, 2.24) is 20.4 Å². The van der Waals surface area contributed by atoms with Crippen LogP contribution in [-0.2, 0) is 0 Å². The minimum absolute atomic E-state index is 0.0475. The van der Waals surface area contributed by atoms with Crippen molar-refractivity contribution in [3.8, 4) is 0 Å². The summed E-state index contributed by atoms with van der Waals surface area (Å²) in [5.41, 5.74) is 10.5. The maximum Gasteiger partial charge on any atom is 0.0804 e. The molecule has 4 N–H and O–H groups in total. The summed E-state index contributed by atoms with van der Waals surface area (Å²) >= 11 is 0. The highest BCUT2D eigenvalue weighted by atomic mass is 15.5. The Morgan fingerprint density at radius 3 is 2.84 bits per heavy atom. The zero-order chi connectivity index (χ0) is 23.1. The quantitative estimate of drug-likeness (QED) is 0.536. The van der Waals surface area contributed by atoms with Gasteiger partial charge in [-0.1, -0.05) is 44.1 Å². The Labute approximate surface area is 197 Å². The second kappa shape index (κ2) is 9.50. The molecule has 4 aliphatic rings. The molecule has 2 heterocycles. The molecule has 0 amide bonds. The summed E-state index contributed by atoms with van der Waals surface area (Å²) in [5, 5.41) is 6.93. The lowest BCUT2D eigenvalue weighted by atomic mass is 9.47. The molecule has 3 fully saturated rings. The summed E-state index contributed by atoms with van der Waals surface area (Å²) in [6.45, 7) is 15.3. The molecule has 0 aromatic heterocycles. The van der Waals surface area contributed by atoms with Gasteiger partial charge >= 0.3 is 0 Å². The Kier molecular flexibility index (Phi) is 7.24. The van der Waals surface area contributed by atoms with E-state index in [-0.39, 0.29) is 6.17 Å². The van der Waals surface area contributed by atoms with Gasteiger partial charge in [-0.25, -0.2) is 0 Å². The van der Waals surface area contributed by atoms with E-state index in [1.54, 1.807) is 11.1 Å². The van der Waals surface area contributed by atoms with E-state index in [0.717, 1.165) is 38.1 Å². The van der Waals surface area contributed by atoms with Gasteiger partial charge in [-0.05, 0) is 88.5 Å². The van der Waals surface area contributed by atoms with Gasteiger partial charge in [0.05, 0.1) is 25.0 Å². The molecule has 5 heteroatoms. The van der Waals surface area contributed by atoms with Crippen LogP contribution >= 0.6 is 0 Å². The lowest BCUT2D eigenvalue weighted by Gasteiger charge is -2.58. The molecule has 0 aromatic carbocycles. The second-order valence-electron chi connectivity index (χ2n) is 12.0. The zero-order valence-electron chi connectivity index (χ0n) is 21.6. The van der Waals surface area contributed by atoms with Gasteiger partial charge in [0, 0.05) is 13.2 Å². The van der Waals surface area contributed by atoms with Crippen LogP contribution in [0, 0.1) is 22.7 Å². The molecule has 0 radical (unpaired) electrons. The maximum atomic E-state index is 6.40. The summed E-state index contributed by atoms with van der Waals surface area (Å²) in [5.74, 6) is 1.66. The minimum Gasteiger partial charge on any atom is -0.314 e. The third-order valence-corrected chi connectivity index (χ3v) is 10.2. The summed E-state index contributed by atoms with van der Waals surface area (Å²) in [6.07, 6.45) is 14.6. The summed E-state index contributed by atoms with van der Waals surface area (Å²) in [4.78, 5) is 4.94. The molecule has 0 bridgehead atoms. The van der Waals surface area contributed by atoms with E-state index < -0.39 is 0 Å². The number of hydrogen-bond acceptors (Lipinski definition) is 5. The summed E-state index contributed by atoms with van der Waals surface area (Å²) in [7, 11) is 2.20. The summed E-state index contributed by atoms with van der Waals surface area (Å²) < 4.78 is 0. The van der Waals surface area contributed by atoms with Crippen LogP contribution in [0.15, 0.2) is 23.3 Å². The molecule has 2 aliphatic carbocycles. The Morgan fingerprint density at radius 2 is 2.06 bits per heavy atom. The molecular formula is C27H49N5. The molecule has 0 spiro atoms. The first-order valence-corrected chi connectivity index (χ1v) is 13.2. The van der Waals surface area contributed by atoms with E-state index in [0.29, 0.717) is 23.0 Å². The van der Waals surface area contributed by atoms with Crippen molar-refractivity contribution in [1.29, 1.82) is 0 Å². The topological polar surface area (TPSA) is 56.6 Å². The van der Waals surface area contributed by atoms with E-state index in [1.807, 2.05) is 0 Å². The fraction of sp³-hybridized carbons (Fsp3) is 0.852. The first-order chi connectivity index (χ1) is 15.2. The van der Waals surface area contributed by atoms with Gasteiger partial charge < -0.3 is 5.73 Å². The Hall–Kier alpha value is -0.720. The molecule has 5 nitrogen and oxygen atoms in total. The highest BCUT2D eigenvalue weighted by Gasteiger charge is 2.52. The van der Waals surface area contributed by atoms with Crippen LogP contribution in [0.4, 0.5) is 0 Å². The molecule has 2 aliphatic heterocycles. The molecule has 32 heavy (non-hydrogen) atoms. The fourth-order valence-electron chi connectivity index (χ4n) is 7.63. The molecule has 3 unspecified atom stereocenters. The number of hydrogen-bond donors (Lipinski definition) is 3. The standard InChI is InChI=1S/C27H49N5/c1-19(9-8-16-32-18-31(6)25-23(32)24(28)29-17-30-25)12-14-26(4)21(3)13-15-27(5)20(2)10-7-11-22(26)27/h9-10,21-25,29-30H,7-8,11-18,28H2,1-6H3/t21-,22-,23?,24?,25?,26+,27-/m0/s1. The predicted octanol–water partition coefficient (Wildman–Crippen LogP) is 4.24. The average molecular weight is 444 g/mol. The van der Waals surface area contributed by atoms with Gasteiger partial charge in [0.2, 0.25) is 0 Å². The number of nitrogens with two attached hydrogens (primary N) is 1. The number of allylic oxidation sites excluding steroid dienone is 3. The predicted molar refractivity (Wildman–Crippen MR) is 135 cm³/mol. The van der Waals surface area contributed by atoms with Crippen LogP contribution < -0.4 is 16.4 Å². The fourth-order valence-corrected chi connectivity index (χ4v) is 7.63. The molecule has 0 aromatic rings. The van der Waals surface area contributed by atoms with Crippen molar-refractivity contribution in [2.24, 2.45) is 28.4 Å². The largest absolute Gasteiger partial charge is 0.314 e. The van der Waals surface area contributed by atoms with Crippen molar-refractivity contribution in [2.45, 2.75) is 97.9 Å². The first kappa shape index (κ1) is 24.4. The van der Waals surface area contributed by atoms with Crippen molar-refractivity contribution < 1.29 is 0 Å². The Morgan fingerprint density at radius 1 is 1.28 bits per heavy atom. The van der Waals surface area contributed by atoms with Gasteiger partial charge in [-0.3, -0.25) is 20.4 Å². The van der Waals surface area contributed by atoms with Crippen LogP contribution in [0.25, 0.3) is 0 Å². The Bertz CT molecular complexity index is 732. The maximum absolute atomic E-state index is 6.40. The number of nitrogens with one attached hydrogen (secondary N) is 2. The van der Waals surface area contributed by atoms with Gasteiger partial charge in [-0.2, -0.15) is 0 Å². The van der Waals surface area contributed by atoms with Gasteiger partial charge in [-0.15, -0.1) is 0 Å². The van der Waals surface area contributed by atoms with E-state index in [1.165, 1.54) is 38.5 Å². The van der Waals surface area contributed by atoms with Gasteiger partial charge in [0.15, 0.2) is 0 Å². The summed E-state index contributed by atoms with van der Waals surface area (Å²) in [6, 6.07) is 0.352. The van der Waals surface area contributed by atoms with E-state index in [4.69, 9.17) is 5.73 Å². The van der Waals surface area contributed by atoms with Crippen LogP contribution in [0.2, 0.25) is 0 Å². The number of rotatable bonds is 6. The van der Waals surface area contributed by atoms with E-state index in [2.05, 4.69) is 74.3 Å². The zero-order valence-corrected chi connectivity index (χ0v) is 21.6. The average Bonchev–Trinajstić information content (AvgIpc) is 3.08. The third-order valence-electron chi connectivity index (χ3n) is 10.2. The SMILES string of the molecule is CC(=CCCN1CN(C)C2NCNC(N)C21)CC[C@]1(C)[C@@H](C)CC[C@@]2(C)C(C)=CCC[C@@H]12. The monoisotopic (exact) mass is 443 g/mol. The van der Waals surface area contributed by atoms with Crippen LogP contribution in [0.3, 0.4) is 0 Å². The minimum atomic E-state index is 0.0475. The van der Waals surface area contributed by atoms with Crippen LogP contribution in [0.1, 0.15) is 79.6 Å². The first-order valence-electron chi connectivity index (χ1n) is 13.2. The van der Waals surface area contributed by atoms with Crippen LogP contribution in [-0.4, -0.2) is 55.1 Å². The van der Waals surface area contributed by atoms with Gasteiger partial charge in [0.25, 0.3) is 0 Å². The number of likely N-dealkylation sites (N-methyl/N-ethyl adjacent to an activating group) is 1. The third kappa shape index (κ3) is 4.36. The number of fused-ring (bicyclic) bond motifs is 2. The second-order valence-corrected chi connectivity index (χ2v) is 12.0. The molecule has 4 rings (SSSR count). The van der Waals surface area contributed by atoms with Crippen molar-refractivity contribution in [2.75, 3.05) is 26.9 Å². The number of nitrogens with zero attached hydrogens (tertiary/aromatic N) is 2. The Balaban J connectivity index is 1.34. The molecule has 7 atom stereocenters. The van der Waals surface area contributed by atoms with Gasteiger partial charge in [0.1, 0.15) is 0 Å². The van der Waals surface area contributed by atoms with Crippen molar-refractivity contribution in [3.05, 3.63) is 23.3 Å². The van der Waals surface area contributed by atoms with E-state index >= 15 is 0 Å². The molecule has 2 saturated heterocycles. The lowest BCUT2D eigenvalue weighted by molar-refractivity contribution is -0.0466. The van der Waals surface area contributed by atoms with Crippen molar-refractivity contribution in [3.63, 3.8) is 0 Å².